The van der Waals surface area contributed by atoms with E-state index in [1.54, 1.807) is 51.2 Å². The van der Waals surface area contributed by atoms with E-state index in [-0.39, 0.29) is 11.8 Å². The predicted octanol–water partition coefficient (Wildman–Crippen LogP) is 3.82. The number of nitrogens with one attached hydrogen (secondary N) is 1. The van der Waals surface area contributed by atoms with Crippen LogP contribution < -0.4 is 14.8 Å². The molecule has 0 radical (unpaired) electrons. The molecule has 0 aliphatic rings. The van der Waals surface area contributed by atoms with E-state index in [0.29, 0.717) is 27.6 Å². The molecule has 1 atom stereocenters. The molecule has 2 aromatic rings. The lowest BCUT2D eigenvalue weighted by Crippen LogP contribution is -2.28. The third-order valence-corrected chi connectivity index (χ3v) is 4.04. The number of carbonyl (C=O) groups is 1. The highest BCUT2D eigenvalue weighted by Crippen LogP contribution is 2.40. The van der Waals surface area contributed by atoms with Gasteiger partial charge in [0, 0.05) is 33.8 Å². The van der Waals surface area contributed by atoms with Gasteiger partial charge in [-0.2, -0.15) is 0 Å². The predicted molar refractivity (Wildman–Crippen MR) is 101 cm³/mol. The maximum Gasteiger partial charge on any atom is 0.229 e. The molecule has 0 saturated heterocycles. The van der Waals surface area contributed by atoms with Crippen molar-refractivity contribution in [2.24, 2.45) is 5.41 Å². The molecule has 1 aromatic carbocycles. The number of nitrogens with zero attached hydrogens (tertiary/aromatic N) is 1. The summed E-state index contributed by atoms with van der Waals surface area (Å²) in [4.78, 5) is 16.6. The van der Waals surface area contributed by atoms with Crippen molar-refractivity contribution in [1.82, 2.24) is 4.98 Å². The Morgan fingerprint density at radius 3 is 2.50 bits per heavy atom. The van der Waals surface area contributed by atoms with Crippen LogP contribution >= 0.6 is 11.6 Å². The summed E-state index contributed by atoms with van der Waals surface area (Å²) in [5.74, 6) is 0.420. The highest BCUT2D eigenvalue weighted by molar-refractivity contribution is 6.31. The van der Waals surface area contributed by atoms with Gasteiger partial charge in [0.15, 0.2) is 0 Å². The van der Waals surface area contributed by atoms with Crippen LogP contribution in [0.1, 0.15) is 38.0 Å². The zero-order valence-corrected chi connectivity index (χ0v) is 16.2. The molecule has 140 valence electrons. The van der Waals surface area contributed by atoms with E-state index in [2.05, 4.69) is 10.3 Å². The van der Waals surface area contributed by atoms with Crippen molar-refractivity contribution in [2.75, 3.05) is 19.5 Å². The molecule has 0 aliphatic carbocycles. The van der Waals surface area contributed by atoms with Crippen LogP contribution in [0.4, 0.5) is 5.69 Å². The van der Waals surface area contributed by atoms with Gasteiger partial charge in [-0.1, -0.05) is 32.4 Å². The van der Waals surface area contributed by atoms with Crippen molar-refractivity contribution in [3.8, 4) is 11.6 Å². The lowest BCUT2D eigenvalue weighted by Gasteiger charge is -2.23. The van der Waals surface area contributed by atoms with Crippen molar-refractivity contribution >= 4 is 23.2 Å². The Morgan fingerprint density at radius 1 is 1.23 bits per heavy atom. The summed E-state index contributed by atoms with van der Waals surface area (Å²) in [6, 6.07) is 6.55. The van der Waals surface area contributed by atoms with Crippen LogP contribution in [0.15, 0.2) is 30.5 Å². The molecule has 0 aliphatic heterocycles. The fourth-order valence-corrected chi connectivity index (χ4v) is 2.58. The standard InChI is InChI=1S/C19H23ClN2O4/c1-19(2,3)18(24)22-15-13(9-11(20)10-14(15)25-4)16(23)12-7-6-8-21-17(12)26-5/h6-10,16,23H,1-5H3,(H,22,24)/t16-/m1/s1. The Labute approximate surface area is 158 Å². The zero-order valence-electron chi connectivity index (χ0n) is 15.5. The summed E-state index contributed by atoms with van der Waals surface area (Å²) < 4.78 is 10.6. The number of halogens is 1. The smallest absolute Gasteiger partial charge is 0.229 e. The first-order chi connectivity index (χ1) is 12.2. The number of aliphatic hydroxyl groups is 1. The molecule has 0 spiro atoms. The summed E-state index contributed by atoms with van der Waals surface area (Å²) in [5, 5.41) is 14.2. The number of aromatic nitrogens is 1. The Balaban J connectivity index is 2.59. The lowest BCUT2D eigenvalue weighted by atomic mass is 9.94. The minimum atomic E-state index is -1.12. The summed E-state index contributed by atoms with van der Waals surface area (Å²) in [6.45, 7) is 5.39. The van der Waals surface area contributed by atoms with Crippen LogP contribution in [-0.4, -0.2) is 30.2 Å². The normalized spacial score (nSPS) is 12.4. The Bertz CT molecular complexity index is 803. The molecule has 0 unspecified atom stereocenters. The molecule has 7 heteroatoms. The lowest BCUT2D eigenvalue weighted by molar-refractivity contribution is -0.123. The number of hydrogen-bond donors (Lipinski definition) is 2. The van der Waals surface area contributed by atoms with Gasteiger partial charge in [-0.05, 0) is 18.2 Å². The van der Waals surface area contributed by atoms with Crippen LogP contribution in [0.3, 0.4) is 0 Å². The molecule has 1 heterocycles. The first-order valence-corrected chi connectivity index (χ1v) is 8.42. The maximum absolute atomic E-state index is 12.5. The second-order valence-corrected chi connectivity index (χ2v) is 7.22. The van der Waals surface area contributed by atoms with Gasteiger partial charge in [0.1, 0.15) is 11.9 Å². The van der Waals surface area contributed by atoms with Crippen molar-refractivity contribution in [1.29, 1.82) is 0 Å². The summed E-state index contributed by atoms with van der Waals surface area (Å²) in [6.07, 6.45) is 0.442. The molecule has 0 fully saturated rings. The third-order valence-electron chi connectivity index (χ3n) is 3.82. The van der Waals surface area contributed by atoms with Gasteiger partial charge in [0.05, 0.1) is 19.9 Å². The highest BCUT2D eigenvalue weighted by Gasteiger charge is 2.27. The Morgan fingerprint density at radius 2 is 1.92 bits per heavy atom. The molecule has 2 N–H and O–H groups in total. The number of hydrogen-bond acceptors (Lipinski definition) is 5. The molecular weight excluding hydrogens is 356 g/mol. The third kappa shape index (κ3) is 4.26. The molecule has 1 amide bonds. The quantitative estimate of drug-likeness (QED) is 0.826. The minimum Gasteiger partial charge on any atom is -0.495 e. The van der Waals surface area contributed by atoms with Gasteiger partial charge in [0.25, 0.3) is 0 Å². The van der Waals surface area contributed by atoms with Crippen molar-refractivity contribution in [3.63, 3.8) is 0 Å². The van der Waals surface area contributed by atoms with Gasteiger partial charge in [-0.25, -0.2) is 4.98 Å². The Kier molecular flexibility index (Phi) is 6.10. The van der Waals surface area contributed by atoms with E-state index in [1.165, 1.54) is 14.2 Å². The van der Waals surface area contributed by atoms with Crippen molar-refractivity contribution < 1.29 is 19.4 Å². The maximum atomic E-state index is 12.5. The van der Waals surface area contributed by atoms with Crippen LogP contribution in [0.2, 0.25) is 5.02 Å². The number of amides is 1. The summed E-state index contributed by atoms with van der Waals surface area (Å²) >= 11 is 6.18. The van der Waals surface area contributed by atoms with E-state index < -0.39 is 11.5 Å². The SMILES string of the molecule is COc1cc(Cl)cc([C@H](O)c2cccnc2OC)c1NC(=O)C(C)(C)C. The number of carbonyl (C=O) groups excluding carboxylic acids is 1. The first kappa shape index (κ1) is 20.0. The fraction of sp³-hybridized carbons (Fsp3) is 0.368. The van der Waals surface area contributed by atoms with Crippen molar-refractivity contribution in [3.05, 3.63) is 46.6 Å². The topological polar surface area (TPSA) is 80.7 Å². The van der Waals surface area contributed by atoms with Gasteiger partial charge in [-0.15, -0.1) is 0 Å². The van der Waals surface area contributed by atoms with Gasteiger partial charge < -0.3 is 19.9 Å². The molecule has 0 bridgehead atoms. The van der Waals surface area contributed by atoms with Crippen molar-refractivity contribution in [2.45, 2.75) is 26.9 Å². The summed E-state index contributed by atoms with van der Waals surface area (Å²) in [7, 11) is 2.94. The first-order valence-electron chi connectivity index (χ1n) is 8.05. The molecule has 2 rings (SSSR count). The largest absolute Gasteiger partial charge is 0.495 e. The number of pyridine rings is 1. The van der Waals surface area contributed by atoms with Gasteiger partial charge in [0.2, 0.25) is 11.8 Å². The zero-order chi connectivity index (χ0) is 19.5. The monoisotopic (exact) mass is 378 g/mol. The van der Waals surface area contributed by atoms with E-state index >= 15 is 0 Å². The molecule has 1 aromatic heterocycles. The average molecular weight is 379 g/mol. The number of methoxy groups -OCH3 is 2. The molecule has 6 nitrogen and oxygen atoms in total. The van der Waals surface area contributed by atoms with Crippen LogP contribution in [-0.2, 0) is 4.79 Å². The molecule has 26 heavy (non-hydrogen) atoms. The van der Waals surface area contributed by atoms with Gasteiger partial charge >= 0.3 is 0 Å². The van der Waals surface area contributed by atoms with E-state index in [9.17, 15) is 9.90 Å². The van der Waals surface area contributed by atoms with E-state index in [4.69, 9.17) is 21.1 Å². The number of ether oxygens (including phenoxy) is 2. The number of benzene rings is 1. The van der Waals surface area contributed by atoms with Crippen LogP contribution in [0.5, 0.6) is 11.6 Å². The number of anilines is 1. The number of rotatable bonds is 5. The minimum absolute atomic E-state index is 0.218. The second-order valence-electron chi connectivity index (χ2n) is 6.78. The van der Waals surface area contributed by atoms with E-state index in [1.807, 2.05) is 0 Å². The summed E-state index contributed by atoms with van der Waals surface area (Å²) in [5.41, 5.74) is 0.567. The molecular formula is C19H23ClN2O4. The number of aliphatic hydroxyl groups excluding tert-OH is 1. The second kappa shape index (κ2) is 7.93. The average Bonchev–Trinajstić information content (AvgIpc) is 2.61. The molecule has 0 saturated carbocycles. The van der Waals surface area contributed by atoms with E-state index in [0.717, 1.165) is 0 Å². The van der Waals surface area contributed by atoms with Gasteiger partial charge in [-0.3, -0.25) is 4.79 Å². The Hall–Kier alpha value is -2.31. The van der Waals surface area contributed by atoms with Crippen LogP contribution in [0.25, 0.3) is 0 Å². The van der Waals surface area contributed by atoms with Crippen LogP contribution in [0, 0.1) is 5.41 Å². The highest BCUT2D eigenvalue weighted by atomic mass is 35.5. The fourth-order valence-electron chi connectivity index (χ4n) is 2.36.